The molecule has 0 aromatic heterocycles. The number of nitrogens with zero attached hydrogens (tertiary/aromatic N) is 1. The van der Waals surface area contributed by atoms with Crippen LogP contribution in [0.25, 0.3) is 0 Å². The van der Waals surface area contributed by atoms with Gasteiger partial charge < -0.3 is 5.32 Å². The molecule has 0 unspecified atom stereocenters. The molecule has 0 radical (unpaired) electrons. The van der Waals surface area contributed by atoms with Crippen LogP contribution in [0.4, 0.5) is 0 Å². The zero-order chi connectivity index (χ0) is 13.3. The van der Waals surface area contributed by atoms with Crippen molar-refractivity contribution in [3.63, 3.8) is 0 Å². The lowest BCUT2D eigenvalue weighted by Gasteiger charge is -2.33. The van der Waals surface area contributed by atoms with Gasteiger partial charge in [-0.3, -0.25) is 0 Å². The molecule has 1 fully saturated rings. The minimum absolute atomic E-state index is 0. The van der Waals surface area contributed by atoms with Gasteiger partial charge in [-0.25, -0.2) is 8.42 Å². The van der Waals surface area contributed by atoms with Crippen molar-refractivity contribution in [1.29, 1.82) is 0 Å². The standard InChI is InChI=1S/C11H14Br2N2O2S.ClH/c1-8-7-14-4-5-15(8)18(16,17)11-6-9(12)2-3-10(11)13;/h2-3,6,8,14H,4-5,7H2,1H3;1H/t8-;/m0./s1. The van der Waals surface area contributed by atoms with Crippen molar-refractivity contribution < 1.29 is 8.42 Å². The molecule has 1 N–H and O–H groups in total. The van der Waals surface area contributed by atoms with Gasteiger partial charge in [-0.2, -0.15) is 4.31 Å². The highest BCUT2D eigenvalue weighted by Crippen LogP contribution is 2.29. The lowest BCUT2D eigenvalue weighted by molar-refractivity contribution is 0.283. The Kier molecular flexibility index (Phi) is 6.28. The molecule has 0 saturated carbocycles. The van der Waals surface area contributed by atoms with Crippen LogP contribution in [0.2, 0.25) is 0 Å². The van der Waals surface area contributed by atoms with E-state index in [0.717, 1.165) is 4.47 Å². The van der Waals surface area contributed by atoms with Gasteiger partial charge in [-0.15, -0.1) is 12.4 Å². The Hall–Kier alpha value is 0.340. The third kappa shape index (κ3) is 3.71. The van der Waals surface area contributed by atoms with Gasteiger partial charge in [0.15, 0.2) is 0 Å². The molecule has 0 amide bonds. The first kappa shape index (κ1) is 17.4. The number of nitrogens with one attached hydrogen (secondary N) is 1. The molecule has 0 bridgehead atoms. The van der Waals surface area contributed by atoms with Crippen molar-refractivity contribution in [3.05, 3.63) is 27.1 Å². The highest BCUT2D eigenvalue weighted by Gasteiger charge is 2.32. The number of benzene rings is 1. The van der Waals surface area contributed by atoms with Crippen molar-refractivity contribution in [1.82, 2.24) is 9.62 Å². The summed E-state index contributed by atoms with van der Waals surface area (Å²) >= 11 is 6.62. The summed E-state index contributed by atoms with van der Waals surface area (Å²) in [7, 11) is -3.45. The molecule has 1 heterocycles. The summed E-state index contributed by atoms with van der Waals surface area (Å²) in [6.45, 7) is 3.79. The summed E-state index contributed by atoms with van der Waals surface area (Å²) < 4.78 is 28.1. The molecule has 19 heavy (non-hydrogen) atoms. The van der Waals surface area contributed by atoms with Crippen LogP contribution in [0.15, 0.2) is 32.0 Å². The van der Waals surface area contributed by atoms with E-state index in [-0.39, 0.29) is 18.4 Å². The quantitative estimate of drug-likeness (QED) is 0.779. The maximum atomic E-state index is 12.6. The molecular weight excluding hydrogens is 419 g/mol. The largest absolute Gasteiger partial charge is 0.314 e. The second kappa shape index (κ2) is 6.87. The van der Waals surface area contributed by atoms with Gasteiger partial charge in [0.25, 0.3) is 0 Å². The van der Waals surface area contributed by atoms with Crippen molar-refractivity contribution >= 4 is 54.3 Å². The number of hydrogen-bond acceptors (Lipinski definition) is 3. The zero-order valence-corrected chi connectivity index (χ0v) is 15.1. The highest BCUT2D eigenvalue weighted by atomic mass is 79.9. The zero-order valence-electron chi connectivity index (χ0n) is 10.3. The SMILES string of the molecule is C[C@H]1CNCCN1S(=O)(=O)c1cc(Br)ccc1Br.Cl. The first-order valence-corrected chi connectivity index (χ1v) is 8.63. The minimum Gasteiger partial charge on any atom is -0.314 e. The summed E-state index contributed by atoms with van der Waals surface area (Å²) in [5, 5.41) is 3.19. The molecular formula is C11H15Br2ClN2O2S. The fourth-order valence-corrected chi connectivity index (χ4v) is 5.08. The van der Waals surface area contributed by atoms with Gasteiger partial charge in [-0.05, 0) is 41.1 Å². The third-order valence-electron chi connectivity index (χ3n) is 2.92. The van der Waals surface area contributed by atoms with Crippen LogP contribution in [-0.2, 0) is 10.0 Å². The van der Waals surface area contributed by atoms with Crippen LogP contribution >= 0.6 is 44.3 Å². The van der Waals surface area contributed by atoms with Gasteiger partial charge in [-0.1, -0.05) is 15.9 Å². The molecule has 1 atom stereocenters. The van der Waals surface area contributed by atoms with Gasteiger partial charge in [0.1, 0.15) is 0 Å². The number of rotatable bonds is 2. The smallest absolute Gasteiger partial charge is 0.244 e. The van der Waals surface area contributed by atoms with Crippen molar-refractivity contribution in [2.24, 2.45) is 0 Å². The van der Waals surface area contributed by atoms with Crippen LogP contribution < -0.4 is 5.32 Å². The lowest BCUT2D eigenvalue weighted by Crippen LogP contribution is -2.52. The predicted molar refractivity (Wildman–Crippen MR) is 85.3 cm³/mol. The van der Waals surface area contributed by atoms with E-state index in [2.05, 4.69) is 37.2 Å². The van der Waals surface area contributed by atoms with E-state index in [1.165, 1.54) is 0 Å². The Morgan fingerprint density at radius 2 is 2.05 bits per heavy atom. The molecule has 8 heteroatoms. The summed E-state index contributed by atoms with van der Waals surface area (Å²) in [4.78, 5) is 0.311. The molecule has 1 aromatic carbocycles. The summed E-state index contributed by atoms with van der Waals surface area (Å²) in [6.07, 6.45) is 0. The molecule has 1 aromatic rings. The average Bonchev–Trinajstić information content (AvgIpc) is 2.32. The van der Waals surface area contributed by atoms with Crippen LogP contribution in [0.3, 0.4) is 0 Å². The number of piperazine rings is 1. The van der Waals surface area contributed by atoms with Crippen LogP contribution in [0.5, 0.6) is 0 Å². The Balaban J connectivity index is 0.00000180. The van der Waals surface area contributed by atoms with E-state index in [1.54, 1.807) is 16.4 Å². The summed E-state index contributed by atoms with van der Waals surface area (Å²) in [5.74, 6) is 0. The first-order chi connectivity index (χ1) is 8.43. The van der Waals surface area contributed by atoms with Gasteiger partial charge >= 0.3 is 0 Å². The Bertz CT molecular complexity index is 554. The van der Waals surface area contributed by atoms with Gasteiger partial charge in [0.05, 0.1) is 4.90 Å². The minimum atomic E-state index is -3.45. The first-order valence-electron chi connectivity index (χ1n) is 5.60. The van der Waals surface area contributed by atoms with Crippen LogP contribution in [0.1, 0.15) is 6.92 Å². The Morgan fingerprint density at radius 3 is 2.68 bits per heavy atom. The molecule has 0 spiro atoms. The van der Waals surface area contributed by atoms with E-state index in [0.29, 0.717) is 29.0 Å². The Morgan fingerprint density at radius 1 is 1.37 bits per heavy atom. The van der Waals surface area contributed by atoms with Gasteiger partial charge in [0.2, 0.25) is 10.0 Å². The maximum absolute atomic E-state index is 12.6. The fourth-order valence-electron chi connectivity index (χ4n) is 1.98. The molecule has 1 aliphatic rings. The lowest BCUT2D eigenvalue weighted by atomic mass is 10.3. The second-order valence-corrected chi connectivity index (χ2v) is 7.87. The molecule has 1 saturated heterocycles. The van der Waals surface area contributed by atoms with E-state index < -0.39 is 10.0 Å². The monoisotopic (exact) mass is 432 g/mol. The second-order valence-electron chi connectivity index (χ2n) is 4.24. The van der Waals surface area contributed by atoms with Crippen molar-refractivity contribution in [3.8, 4) is 0 Å². The van der Waals surface area contributed by atoms with E-state index >= 15 is 0 Å². The molecule has 4 nitrogen and oxygen atoms in total. The average molecular weight is 435 g/mol. The van der Waals surface area contributed by atoms with Crippen LogP contribution in [0, 0.1) is 0 Å². The number of sulfonamides is 1. The van der Waals surface area contributed by atoms with E-state index in [9.17, 15) is 8.42 Å². The van der Waals surface area contributed by atoms with Gasteiger partial charge in [0, 0.05) is 34.6 Å². The van der Waals surface area contributed by atoms with E-state index in [1.807, 2.05) is 13.0 Å². The molecule has 108 valence electrons. The van der Waals surface area contributed by atoms with E-state index in [4.69, 9.17) is 0 Å². The number of hydrogen-bond donors (Lipinski definition) is 1. The summed E-state index contributed by atoms with van der Waals surface area (Å²) in [5.41, 5.74) is 0. The Labute approximate surface area is 136 Å². The number of halogens is 3. The summed E-state index contributed by atoms with van der Waals surface area (Å²) in [6, 6.07) is 5.15. The molecule has 0 aliphatic carbocycles. The molecule has 2 rings (SSSR count). The van der Waals surface area contributed by atoms with Crippen LogP contribution in [-0.4, -0.2) is 38.4 Å². The normalized spacial score (nSPS) is 20.9. The van der Waals surface area contributed by atoms with Crippen molar-refractivity contribution in [2.45, 2.75) is 17.9 Å². The predicted octanol–water partition coefficient (Wildman–Crippen LogP) is 2.62. The third-order valence-corrected chi connectivity index (χ3v) is 6.42. The topological polar surface area (TPSA) is 49.4 Å². The highest BCUT2D eigenvalue weighted by molar-refractivity contribution is 9.11. The molecule has 1 aliphatic heterocycles. The van der Waals surface area contributed by atoms with Crippen molar-refractivity contribution in [2.75, 3.05) is 19.6 Å². The fraction of sp³-hybridized carbons (Fsp3) is 0.455. The maximum Gasteiger partial charge on any atom is 0.244 e.